The maximum absolute atomic E-state index is 13.6. The van der Waals surface area contributed by atoms with Gasteiger partial charge in [0.1, 0.15) is 6.33 Å². The number of anilines is 1. The Morgan fingerprint density at radius 3 is 2.69 bits per heavy atom. The van der Waals surface area contributed by atoms with Gasteiger partial charge in [0.05, 0.1) is 40.8 Å². The predicted octanol–water partition coefficient (Wildman–Crippen LogP) is 4.36. The predicted molar refractivity (Wildman–Crippen MR) is 124 cm³/mol. The summed E-state index contributed by atoms with van der Waals surface area (Å²) in [6, 6.07) is 9.66. The lowest BCUT2D eigenvalue weighted by Crippen LogP contribution is -2.33. The molecular weight excluding hydrogens is 422 g/mol. The number of carbonyl (C=O) groups excluding carboxylic acids is 1. The van der Waals surface area contributed by atoms with Crippen LogP contribution in [0, 0.1) is 11.8 Å². The van der Waals surface area contributed by atoms with Crippen LogP contribution in [0.4, 0.5) is 5.69 Å². The molecule has 0 saturated heterocycles. The fraction of sp³-hybridized carbons (Fsp3) is 0.375. The van der Waals surface area contributed by atoms with Gasteiger partial charge in [-0.1, -0.05) is 18.6 Å². The summed E-state index contributed by atoms with van der Waals surface area (Å²) in [4.78, 5) is 31.1. The Labute approximate surface area is 191 Å². The van der Waals surface area contributed by atoms with Crippen LogP contribution in [0.15, 0.2) is 54.1 Å². The zero-order valence-corrected chi connectivity index (χ0v) is 18.9. The SMILES string of the molecule is CCOc1cncc(-c2ccc(NC(=O)C3(c4cc(SC)ncn4)[C@@H]4CCC[C@@H]43)cc2)n1. The third kappa shape index (κ3) is 3.52. The number of hydrogen-bond donors (Lipinski definition) is 1. The summed E-state index contributed by atoms with van der Waals surface area (Å²) in [6.45, 7) is 2.45. The van der Waals surface area contributed by atoms with E-state index < -0.39 is 5.41 Å². The van der Waals surface area contributed by atoms with Crippen molar-refractivity contribution in [3.05, 3.63) is 54.7 Å². The maximum Gasteiger partial charge on any atom is 0.237 e. The molecule has 1 unspecified atom stereocenters. The summed E-state index contributed by atoms with van der Waals surface area (Å²) < 4.78 is 5.44. The molecule has 1 aromatic carbocycles. The Kier molecular flexibility index (Phi) is 5.55. The molecule has 2 saturated carbocycles. The van der Waals surface area contributed by atoms with Crippen LogP contribution in [0.1, 0.15) is 31.9 Å². The van der Waals surface area contributed by atoms with Gasteiger partial charge in [-0.25, -0.2) is 15.0 Å². The van der Waals surface area contributed by atoms with E-state index in [-0.39, 0.29) is 5.91 Å². The smallest absolute Gasteiger partial charge is 0.237 e. The van der Waals surface area contributed by atoms with Crippen LogP contribution in [0.5, 0.6) is 5.88 Å². The number of ether oxygens (including phenoxy) is 1. The average Bonchev–Trinajstić information content (AvgIpc) is 3.20. The number of thioether (sulfide) groups is 1. The molecule has 1 amide bonds. The normalized spacial score (nSPS) is 23.4. The van der Waals surface area contributed by atoms with E-state index in [0.717, 1.165) is 40.5 Å². The van der Waals surface area contributed by atoms with Crippen LogP contribution in [0.2, 0.25) is 0 Å². The van der Waals surface area contributed by atoms with Gasteiger partial charge in [0.15, 0.2) is 0 Å². The van der Waals surface area contributed by atoms with Crippen LogP contribution < -0.4 is 10.1 Å². The van der Waals surface area contributed by atoms with E-state index in [1.165, 1.54) is 6.42 Å². The van der Waals surface area contributed by atoms with Crippen molar-refractivity contribution >= 4 is 23.4 Å². The minimum Gasteiger partial charge on any atom is -0.477 e. The number of rotatable bonds is 7. The van der Waals surface area contributed by atoms with E-state index in [2.05, 4.69) is 25.3 Å². The Balaban J connectivity index is 1.37. The largest absolute Gasteiger partial charge is 0.477 e. The van der Waals surface area contributed by atoms with Gasteiger partial charge < -0.3 is 10.1 Å². The van der Waals surface area contributed by atoms with Crippen molar-refractivity contribution in [2.24, 2.45) is 11.8 Å². The van der Waals surface area contributed by atoms with Crippen molar-refractivity contribution in [2.45, 2.75) is 36.6 Å². The molecule has 0 radical (unpaired) electrons. The highest BCUT2D eigenvalue weighted by atomic mass is 32.2. The Bertz CT molecular complexity index is 1130. The molecule has 0 bridgehead atoms. The lowest BCUT2D eigenvalue weighted by Gasteiger charge is -2.20. The first-order chi connectivity index (χ1) is 15.7. The molecule has 2 aliphatic carbocycles. The van der Waals surface area contributed by atoms with Gasteiger partial charge in [-0.05, 0) is 56.1 Å². The first-order valence-electron chi connectivity index (χ1n) is 10.9. The summed E-state index contributed by atoms with van der Waals surface area (Å²) in [5.74, 6) is 1.26. The number of aromatic nitrogens is 4. The van der Waals surface area contributed by atoms with Crippen molar-refractivity contribution in [1.29, 1.82) is 0 Å². The number of carbonyl (C=O) groups is 1. The highest BCUT2D eigenvalue weighted by molar-refractivity contribution is 7.98. The highest BCUT2D eigenvalue weighted by Gasteiger charge is 2.72. The van der Waals surface area contributed by atoms with Gasteiger partial charge >= 0.3 is 0 Å². The van der Waals surface area contributed by atoms with Crippen molar-refractivity contribution in [2.75, 3.05) is 18.2 Å². The second-order valence-corrected chi connectivity index (χ2v) is 8.99. The summed E-state index contributed by atoms with van der Waals surface area (Å²) in [5, 5.41) is 4.05. The molecule has 1 N–H and O–H groups in total. The Hall–Kier alpha value is -3.00. The molecule has 2 heterocycles. The van der Waals surface area contributed by atoms with Crippen molar-refractivity contribution in [3.63, 3.8) is 0 Å². The highest BCUT2D eigenvalue weighted by Crippen LogP contribution is 2.68. The summed E-state index contributed by atoms with van der Waals surface area (Å²) >= 11 is 1.57. The summed E-state index contributed by atoms with van der Waals surface area (Å²) in [7, 11) is 0. The maximum atomic E-state index is 13.6. The molecule has 0 aliphatic heterocycles. The quantitative estimate of drug-likeness (QED) is 0.425. The van der Waals surface area contributed by atoms with E-state index >= 15 is 0 Å². The number of nitrogens with zero attached hydrogens (tertiary/aromatic N) is 4. The fourth-order valence-electron chi connectivity index (χ4n) is 5.13. The van der Waals surface area contributed by atoms with E-state index in [9.17, 15) is 4.79 Å². The lowest BCUT2D eigenvalue weighted by molar-refractivity contribution is -0.119. The van der Waals surface area contributed by atoms with Gasteiger partial charge in [-0.2, -0.15) is 0 Å². The molecule has 164 valence electrons. The molecule has 2 aromatic heterocycles. The van der Waals surface area contributed by atoms with E-state index in [1.54, 1.807) is 30.5 Å². The van der Waals surface area contributed by atoms with Gasteiger partial charge in [0.25, 0.3) is 0 Å². The van der Waals surface area contributed by atoms with Crippen LogP contribution in [0.3, 0.4) is 0 Å². The fourth-order valence-corrected chi connectivity index (χ4v) is 5.51. The van der Waals surface area contributed by atoms with Gasteiger partial charge in [0.2, 0.25) is 11.8 Å². The van der Waals surface area contributed by atoms with Crippen molar-refractivity contribution < 1.29 is 9.53 Å². The third-order valence-electron chi connectivity index (χ3n) is 6.57. The van der Waals surface area contributed by atoms with Gasteiger partial charge in [0, 0.05) is 11.3 Å². The molecule has 2 fully saturated rings. The second kappa shape index (κ2) is 8.50. The van der Waals surface area contributed by atoms with E-state index in [0.29, 0.717) is 24.3 Å². The number of fused-ring (bicyclic) bond motifs is 1. The number of benzene rings is 1. The molecule has 3 atom stereocenters. The Morgan fingerprint density at radius 1 is 1.19 bits per heavy atom. The van der Waals surface area contributed by atoms with Crippen LogP contribution >= 0.6 is 11.8 Å². The molecule has 32 heavy (non-hydrogen) atoms. The molecule has 3 aromatic rings. The lowest BCUT2D eigenvalue weighted by atomic mass is 9.90. The summed E-state index contributed by atoms with van der Waals surface area (Å²) in [5.41, 5.74) is 2.71. The number of hydrogen-bond acceptors (Lipinski definition) is 7. The van der Waals surface area contributed by atoms with Crippen molar-refractivity contribution in [3.8, 4) is 17.1 Å². The molecular formula is C24H25N5O2S. The van der Waals surface area contributed by atoms with Gasteiger partial charge in [-0.15, -0.1) is 11.8 Å². The number of nitrogens with one attached hydrogen (secondary N) is 1. The molecule has 8 heteroatoms. The third-order valence-corrected chi connectivity index (χ3v) is 7.21. The standard InChI is InChI=1S/C24H25N5O2S/c1-3-31-21-13-25-12-19(29-21)15-7-9-16(10-8-15)28-23(30)24(17-5-4-6-18(17)24)20-11-22(32-2)27-14-26-20/h7-14,17-18H,3-6H2,1-2H3,(H,28,30)/t17-,18+,24?. The molecule has 0 spiro atoms. The van der Waals surface area contributed by atoms with Crippen LogP contribution in [-0.2, 0) is 10.2 Å². The monoisotopic (exact) mass is 447 g/mol. The summed E-state index contributed by atoms with van der Waals surface area (Å²) in [6.07, 6.45) is 10.2. The zero-order valence-electron chi connectivity index (χ0n) is 18.1. The van der Waals surface area contributed by atoms with Crippen LogP contribution in [-0.4, -0.2) is 38.7 Å². The molecule has 7 nitrogen and oxygen atoms in total. The van der Waals surface area contributed by atoms with Crippen LogP contribution in [0.25, 0.3) is 11.3 Å². The zero-order chi connectivity index (χ0) is 22.1. The number of amides is 1. The van der Waals surface area contributed by atoms with E-state index in [4.69, 9.17) is 4.74 Å². The average molecular weight is 448 g/mol. The topological polar surface area (TPSA) is 89.9 Å². The molecule has 2 aliphatic rings. The minimum atomic E-state index is -0.540. The molecule has 5 rings (SSSR count). The Morgan fingerprint density at radius 2 is 1.97 bits per heavy atom. The first kappa shape index (κ1) is 20.9. The van der Waals surface area contributed by atoms with E-state index in [1.807, 2.05) is 43.5 Å². The van der Waals surface area contributed by atoms with Crippen molar-refractivity contribution in [1.82, 2.24) is 19.9 Å². The minimum absolute atomic E-state index is 0.0313. The first-order valence-corrected chi connectivity index (χ1v) is 12.1. The second-order valence-electron chi connectivity index (χ2n) is 8.17. The van der Waals surface area contributed by atoms with Gasteiger partial charge in [-0.3, -0.25) is 9.78 Å².